The number of hydrogen-bond donors (Lipinski definition) is 2. The quantitative estimate of drug-likeness (QED) is 0.656. The van der Waals surface area contributed by atoms with Crippen LogP contribution in [0.4, 0.5) is 0 Å². The van der Waals surface area contributed by atoms with E-state index in [0.29, 0.717) is 6.54 Å². The zero-order valence-corrected chi connectivity index (χ0v) is 7.35. The molecule has 4 heteroatoms. The van der Waals surface area contributed by atoms with Crippen LogP contribution < -0.4 is 11.4 Å². The van der Waals surface area contributed by atoms with Gasteiger partial charge >= 0.3 is 5.69 Å². The normalized spacial score (nSPS) is 10.2. The molecule has 0 fully saturated rings. The highest BCUT2D eigenvalue weighted by Crippen LogP contribution is 2.05. The van der Waals surface area contributed by atoms with Crippen molar-refractivity contribution in [1.82, 2.24) is 9.97 Å². The average Bonchev–Trinajstić information content (AvgIpc) is 2.08. The lowest BCUT2D eigenvalue weighted by Gasteiger charge is -2.05. The van der Waals surface area contributed by atoms with E-state index in [0.717, 1.165) is 23.4 Å². The van der Waals surface area contributed by atoms with Gasteiger partial charge in [0, 0.05) is 12.2 Å². The van der Waals surface area contributed by atoms with Crippen LogP contribution in [0.5, 0.6) is 0 Å². The molecule has 0 aliphatic rings. The van der Waals surface area contributed by atoms with Crippen LogP contribution in [0.15, 0.2) is 4.79 Å². The van der Waals surface area contributed by atoms with Gasteiger partial charge in [-0.2, -0.15) is 4.98 Å². The number of nitrogens with zero attached hydrogens (tertiary/aromatic N) is 1. The first-order valence-corrected chi connectivity index (χ1v) is 3.97. The van der Waals surface area contributed by atoms with Crippen molar-refractivity contribution >= 4 is 0 Å². The van der Waals surface area contributed by atoms with Crippen LogP contribution in [-0.4, -0.2) is 9.97 Å². The van der Waals surface area contributed by atoms with E-state index >= 15 is 0 Å². The molecular weight excluding hydrogens is 154 g/mol. The third-order valence-electron chi connectivity index (χ3n) is 1.92. The molecule has 66 valence electrons. The predicted molar refractivity (Wildman–Crippen MR) is 46.9 cm³/mol. The number of hydrogen-bond acceptors (Lipinski definition) is 3. The van der Waals surface area contributed by atoms with Crippen molar-refractivity contribution in [3.05, 3.63) is 27.4 Å². The van der Waals surface area contributed by atoms with E-state index in [-0.39, 0.29) is 5.69 Å². The molecular formula is C8H13N3O. The summed E-state index contributed by atoms with van der Waals surface area (Å²) in [5.74, 6) is 0. The molecule has 3 N–H and O–H groups in total. The summed E-state index contributed by atoms with van der Waals surface area (Å²) < 4.78 is 0. The Labute approximate surface area is 70.8 Å². The maximum atomic E-state index is 11.0. The Kier molecular flexibility index (Phi) is 2.60. The van der Waals surface area contributed by atoms with Gasteiger partial charge in [0.1, 0.15) is 0 Å². The van der Waals surface area contributed by atoms with Crippen LogP contribution in [-0.2, 0) is 13.0 Å². The molecule has 0 saturated carbocycles. The van der Waals surface area contributed by atoms with Crippen LogP contribution in [0.25, 0.3) is 0 Å². The van der Waals surface area contributed by atoms with Crippen LogP contribution in [0.1, 0.15) is 23.9 Å². The molecule has 0 aliphatic carbocycles. The van der Waals surface area contributed by atoms with Gasteiger partial charge in [-0.15, -0.1) is 0 Å². The summed E-state index contributed by atoms with van der Waals surface area (Å²) in [5, 5.41) is 0. The lowest BCUT2D eigenvalue weighted by Crippen LogP contribution is -2.19. The lowest BCUT2D eigenvalue weighted by atomic mass is 10.1. The minimum Gasteiger partial charge on any atom is -0.325 e. The summed E-state index contributed by atoms with van der Waals surface area (Å²) in [4.78, 5) is 17.4. The first kappa shape index (κ1) is 8.93. The van der Waals surface area contributed by atoms with Crippen LogP contribution in [0.2, 0.25) is 0 Å². The molecule has 0 amide bonds. The van der Waals surface area contributed by atoms with Crippen LogP contribution in [0, 0.1) is 6.92 Å². The number of aromatic amines is 1. The van der Waals surface area contributed by atoms with E-state index in [1.165, 1.54) is 0 Å². The number of aryl methyl sites for hydroxylation is 1. The maximum absolute atomic E-state index is 11.0. The van der Waals surface area contributed by atoms with Gasteiger partial charge < -0.3 is 10.7 Å². The number of H-pyrrole nitrogens is 1. The largest absolute Gasteiger partial charge is 0.345 e. The minimum absolute atomic E-state index is 0.307. The topological polar surface area (TPSA) is 71.8 Å². The predicted octanol–water partition coefficient (Wildman–Crippen LogP) is 0.0994. The Bertz CT molecular complexity index is 301. The molecule has 0 aliphatic heterocycles. The standard InChI is InChI=1S/C8H13N3O/c1-3-6-5(2)7(4-9)11-8(12)10-6/h3-4,9H2,1-2H3,(H,10,11,12). The van der Waals surface area contributed by atoms with Crippen molar-refractivity contribution in [2.75, 3.05) is 0 Å². The molecule has 0 radical (unpaired) electrons. The Morgan fingerprint density at radius 1 is 1.58 bits per heavy atom. The van der Waals surface area contributed by atoms with Gasteiger partial charge in [0.15, 0.2) is 0 Å². The molecule has 0 unspecified atom stereocenters. The van der Waals surface area contributed by atoms with E-state index in [1.807, 2.05) is 13.8 Å². The second-order valence-corrected chi connectivity index (χ2v) is 2.65. The second kappa shape index (κ2) is 3.49. The number of rotatable bonds is 2. The molecule has 0 aromatic carbocycles. The molecule has 1 aromatic rings. The van der Waals surface area contributed by atoms with Gasteiger partial charge in [0.2, 0.25) is 0 Å². The molecule has 12 heavy (non-hydrogen) atoms. The highest BCUT2D eigenvalue weighted by Gasteiger charge is 2.04. The van der Waals surface area contributed by atoms with Crippen molar-refractivity contribution in [2.45, 2.75) is 26.8 Å². The SMILES string of the molecule is CCc1nc(=O)[nH]c(CN)c1C. The zero-order chi connectivity index (χ0) is 9.14. The summed E-state index contributed by atoms with van der Waals surface area (Å²) in [6.07, 6.45) is 0.767. The molecule has 4 nitrogen and oxygen atoms in total. The average molecular weight is 167 g/mol. The number of nitrogens with one attached hydrogen (secondary N) is 1. The molecule has 1 aromatic heterocycles. The Balaban J connectivity index is 3.32. The fourth-order valence-corrected chi connectivity index (χ4v) is 1.18. The summed E-state index contributed by atoms with van der Waals surface area (Å²) in [5.41, 5.74) is 7.75. The smallest absolute Gasteiger partial charge is 0.325 e. The number of nitrogens with two attached hydrogens (primary N) is 1. The van der Waals surface area contributed by atoms with E-state index in [2.05, 4.69) is 9.97 Å². The highest BCUT2D eigenvalue weighted by molar-refractivity contribution is 5.22. The monoisotopic (exact) mass is 167 g/mol. The van der Waals surface area contributed by atoms with Gasteiger partial charge in [-0.05, 0) is 18.9 Å². The number of aromatic nitrogens is 2. The van der Waals surface area contributed by atoms with E-state index < -0.39 is 0 Å². The summed E-state index contributed by atoms with van der Waals surface area (Å²) >= 11 is 0. The lowest BCUT2D eigenvalue weighted by molar-refractivity contribution is 0.859. The third-order valence-corrected chi connectivity index (χ3v) is 1.92. The Morgan fingerprint density at radius 3 is 2.75 bits per heavy atom. The zero-order valence-electron chi connectivity index (χ0n) is 7.35. The van der Waals surface area contributed by atoms with Gasteiger partial charge in [-0.3, -0.25) is 0 Å². The van der Waals surface area contributed by atoms with Crippen LogP contribution in [0.3, 0.4) is 0 Å². The van der Waals surface area contributed by atoms with E-state index in [9.17, 15) is 4.79 Å². The maximum Gasteiger partial charge on any atom is 0.345 e. The summed E-state index contributed by atoms with van der Waals surface area (Å²) in [7, 11) is 0. The third kappa shape index (κ3) is 1.53. The molecule has 1 heterocycles. The summed E-state index contributed by atoms with van der Waals surface area (Å²) in [6, 6.07) is 0. The summed E-state index contributed by atoms with van der Waals surface area (Å²) in [6.45, 7) is 4.25. The highest BCUT2D eigenvalue weighted by atomic mass is 16.1. The van der Waals surface area contributed by atoms with Gasteiger partial charge in [-0.1, -0.05) is 6.92 Å². The van der Waals surface area contributed by atoms with Crippen molar-refractivity contribution in [2.24, 2.45) is 5.73 Å². The first-order valence-electron chi connectivity index (χ1n) is 3.97. The Hall–Kier alpha value is -1.16. The Morgan fingerprint density at radius 2 is 2.25 bits per heavy atom. The molecule has 0 spiro atoms. The molecule has 0 saturated heterocycles. The molecule has 1 rings (SSSR count). The van der Waals surface area contributed by atoms with E-state index in [1.54, 1.807) is 0 Å². The van der Waals surface area contributed by atoms with Gasteiger partial charge in [0.25, 0.3) is 0 Å². The molecule has 0 bridgehead atoms. The first-order chi connectivity index (χ1) is 5.69. The van der Waals surface area contributed by atoms with Crippen molar-refractivity contribution in [3.8, 4) is 0 Å². The second-order valence-electron chi connectivity index (χ2n) is 2.65. The fraction of sp³-hybridized carbons (Fsp3) is 0.500. The van der Waals surface area contributed by atoms with Crippen molar-refractivity contribution in [1.29, 1.82) is 0 Å². The fourth-order valence-electron chi connectivity index (χ4n) is 1.18. The van der Waals surface area contributed by atoms with Gasteiger partial charge in [0.05, 0.1) is 5.69 Å². The van der Waals surface area contributed by atoms with Crippen molar-refractivity contribution in [3.63, 3.8) is 0 Å². The molecule has 0 atom stereocenters. The minimum atomic E-state index is -0.307. The van der Waals surface area contributed by atoms with Crippen LogP contribution >= 0.6 is 0 Å². The van der Waals surface area contributed by atoms with E-state index in [4.69, 9.17) is 5.73 Å². The van der Waals surface area contributed by atoms with Crippen molar-refractivity contribution < 1.29 is 0 Å². The van der Waals surface area contributed by atoms with Gasteiger partial charge in [-0.25, -0.2) is 4.79 Å².